The van der Waals surface area contributed by atoms with E-state index in [2.05, 4.69) is 45.4 Å². The molecule has 0 spiro atoms. The van der Waals surface area contributed by atoms with Crippen LogP contribution in [0.25, 0.3) is 0 Å². The second-order valence-electron chi connectivity index (χ2n) is 6.40. The van der Waals surface area contributed by atoms with Crippen molar-refractivity contribution in [2.45, 2.75) is 25.7 Å². The highest BCUT2D eigenvalue weighted by Crippen LogP contribution is 2.40. The first-order valence-corrected chi connectivity index (χ1v) is 7.79. The molecule has 4 aliphatic carbocycles. The Morgan fingerprint density at radius 3 is 1.73 bits per heavy atom. The molecule has 4 atom stereocenters. The van der Waals surface area contributed by atoms with Crippen LogP contribution in [-0.4, -0.2) is 23.2 Å². The normalized spacial score (nSPS) is 37.5. The highest BCUT2D eigenvalue weighted by Gasteiger charge is 2.39. The van der Waals surface area contributed by atoms with Crippen molar-refractivity contribution in [2.24, 2.45) is 33.9 Å². The molecular formula is C16H18N4O2. The fraction of sp³-hybridized carbons (Fsp3) is 0.500. The summed E-state index contributed by atoms with van der Waals surface area (Å²) in [5.74, 6) is 0.457. The van der Waals surface area contributed by atoms with Gasteiger partial charge in [0.25, 0.3) is 0 Å². The second kappa shape index (κ2) is 5.19. The lowest BCUT2D eigenvalue weighted by molar-refractivity contribution is -0.139. The molecule has 0 heterocycles. The van der Waals surface area contributed by atoms with E-state index in [1.54, 1.807) is 0 Å². The Hall–Kier alpha value is -2.24. The molecule has 2 fully saturated rings. The van der Waals surface area contributed by atoms with E-state index in [9.17, 15) is 9.59 Å². The minimum Gasteiger partial charge on any atom is -0.262 e. The van der Waals surface area contributed by atoms with Crippen molar-refractivity contribution < 1.29 is 9.59 Å². The third-order valence-electron chi connectivity index (χ3n) is 5.10. The van der Waals surface area contributed by atoms with Gasteiger partial charge in [0.05, 0.1) is 0 Å². The van der Waals surface area contributed by atoms with Crippen LogP contribution in [0.4, 0.5) is 0 Å². The maximum absolute atomic E-state index is 11.7. The first-order chi connectivity index (χ1) is 10.7. The van der Waals surface area contributed by atoms with Crippen molar-refractivity contribution in [1.82, 2.24) is 10.9 Å². The van der Waals surface area contributed by atoms with Crippen molar-refractivity contribution in [3.05, 3.63) is 24.3 Å². The van der Waals surface area contributed by atoms with Crippen LogP contribution in [0.3, 0.4) is 0 Å². The van der Waals surface area contributed by atoms with Gasteiger partial charge < -0.3 is 0 Å². The van der Waals surface area contributed by atoms with Crippen LogP contribution in [-0.2, 0) is 9.59 Å². The number of nitrogens with one attached hydrogen (secondary N) is 2. The minimum absolute atomic E-state index is 0.352. The molecule has 114 valence electrons. The zero-order valence-corrected chi connectivity index (χ0v) is 12.2. The summed E-state index contributed by atoms with van der Waals surface area (Å²) in [4.78, 5) is 23.4. The quantitative estimate of drug-likeness (QED) is 0.455. The Morgan fingerprint density at radius 1 is 0.864 bits per heavy atom. The third kappa shape index (κ3) is 2.19. The van der Waals surface area contributed by atoms with Crippen molar-refractivity contribution in [3.63, 3.8) is 0 Å². The van der Waals surface area contributed by atoms with Crippen LogP contribution in [0.1, 0.15) is 25.7 Å². The van der Waals surface area contributed by atoms with Gasteiger partial charge in [-0.15, -0.1) is 0 Å². The lowest BCUT2D eigenvalue weighted by atomic mass is 9.74. The van der Waals surface area contributed by atoms with Crippen LogP contribution in [0, 0.1) is 23.7 Å². The molecule has 22 heavy (non-hydrogen) atoms. The van der Waals surface area contributed by atoms with Crippen LogP contribution >= 0.6 is 0 Å². The van der Waals surface area contributed by atoms with Gasteiger partial charge in [-0.05, 0) is 37.5 Å². The minimum atomic E-state index is -0.764. The molecule has 2 N–H and O–H groups in total. The largest absolute Gasteiger partial charge is 0.331 e. The van der Waals surface area contributed by atoms with Crippen LogP contribution in [0.15, 0.2) is 34.5 Å². The molecule has 4 rings (SSSR count). The predicted molar refractivity (Wildman–Crippen MR) is 81.9 cm³/mol. The van der Waals surface area contributed by atoms with Crippen molar-refractivity contribution in [3.8, 4) is 0 Å². The van der Waals surface area contributed by atoms with Gasteiger partial charge in [0.15, 0.2) is 0 Å². The van der Waals surface area contributed by atoms with Gasteiger partial charge in [0, 0.05) is 23.3 Å². The third-order valence-corrected chi connectivity index (χ3v) is 5.10. The van der Waals surface area contributed by atoms with E-state index in [4.69, 9.17) is 0 Å². The van der Waals surface area contributed by atoms with E-state index in [1.165, 1.54) is 0 Å². The van der Waals surface area contributed by atoms with Gasteiger partial charge in [-0.1, -0.05) is 24.3 Å². The van der Waals surface area contributed by atoms with E-state index in [0.717, 1.165) is 37.1 Å². The molecule has 0 aromatic rings. The Bertz CT molecular complexity index is 591. The number of fused-ring (bicyclic) bond motifs is 2. The van der Waals surface area contributed by atoms with Crippen molar-refractivity contribution in [2.75, 3.05) is 0 Å². The Morgan fingerprint density at radius 2 is 1.32 bits per heavy atom. The van der Waals surface area contributed by atoms with Crippen LogP contribution < -0.4 is 10.9 Å². The molecular weight excluding hydrogens is 280 g/mol. The second-order valence-corrected chi connectivity index (χ2v) is 6.40. The zero-order valence-electron chi connectivity index (χ0n) is 12.2. The number of carbonyl (C=O) groups excluding carboxylic acids is 2. The maximum atomic E-state index is 11.7. The molecule has 2 saturated carbocycles. The first kappa shape index (κ1) is 13.4. The van der Waals surface area contributed by atoms with Crippen molar-refractivity contribution >= 4 is 23.2 Å². The number of allylic oxidation sites excluding steroid dienone is 4. The van der Waals surface area contributed by atoms with E-state index >= 15 is 0 Å². The van der Waals surface area contributed by atoms with E-state index < -0.39 is 11.8 Å². The fourth-order valence-corrected chi connectivity index (χ4v) is 3.67. The smallest absolute Gasteiger partial charge is 0.262 e. The lowest BCUT2D eigenvalue weighted by Crippen LogP contribution is -2.41. The average Bonchev–Trinajstić information content (AvgIpc) is 3.03. The van der Waals surface area contributed by atoms with E-state index in [0.29, 0.717) is 23.7 Å². The summed E-state index contributed by atoms with van der Waals surface area (Å²) in [7, 11) is 0. The van der Waals surface area contributed by atoms with E-state index in [1.807, 2.05) is 0 Å². The fourth-order valence-electron chi connectivity index (χ4n) is 3.67. The van der Waals surface area contributed by atoms with Gasteiger partial charge in [0.1, 0.15) is 0 Å². The standard InChI is InChI=1S/C16H18N4O2/c21-15(19-17-13-7-9-3-1-5-11(9)13)16(22)20-18-14-8-10-4-2-6-12(10)14/h1-2,5-6,9-12H,3-4,7-8H2,(H,19,21)(H,20,22)/b17-13+,18-14+. The monoisotopic (exact) mass is 298 g/mol. The highest BCUT2D eigenvalue weighted by atomic mass is 16.2. The highest BCUT2D eigenvalue weighted by molar-refractivity contribution is 6.35. The Kier molecular flexibility index (Phi) is 3.17. The maximum Gasteiger partial charge on any atom is 0.331 e. The van der Waals surface area contributed by atoms with Crippen LogP contribution in [0.2, 0.25) is 0 Å². The zero-order chi connectivity index (χ0) is 15.1. The summed E-state index contributed by atoms with van der Waals surface area (Å²) in [6, 6.07) is 0. The summed E-state index contributed by atoms with van der Waals surface area (Å²) in [5, 5.41) is 8.11. The van der Waals surface area contributed by atoms with Gasteiger partial charge in [-0.3, -0.25) is 9.59 Å². The molecule has 4 aliphatic rings. The summed E-state index contributed by atoms with van der Waals surface area (Å²) in [6.07, 6.45) is 12.5. The summed E-state index contributed by atoms with van der Waals surface area (Å²) in [6.45, 7) is 0. The Balaban J connectivity index is 1.27. The number of hydrogen-bond donors (Lipinski definition) is 2. The molecule has 0 bridgehead atoms. The number of rotatable bonds is 2. The first-order valence-electron chi connectivity index (χ1n) is 7.79. The molecule has 4 unspecified atom stereocenters. The number of amides is 2. The van der Waals surface area contributed by atoms with Crippen molar-refractivity contribution in [1.29, 1.82) is 0 Å². The molecule has 0 aromatic heterocycles. The number of carbonyl (C=O) groups is 2. The summed E-state index contributed by atoms with van der Waals surface area (Å²) in [5.41, 5.74) is 6.54. The molecule has 6 heteroatoms. The molecule has 0 radical (unpaired) electrons. The van der Waals surface area contributed by atoms with Gasteiger partial charge in [-0.25, -0.2) is 10.9 Å². The Labute approximate surface area is 128 Å². The topological polar surface area (TPSA) is 82.9 Å². The molecule has 0 saturated heterocycles. The molecule has 2 amide bonds. The van der Waals surface area contributed by atoms with Crippen LogP contribution in [0.5, 0.6) is 0 Å². The van der Waals surface area contributed by atoms with Gasteiger partial charge >= 0.3 is 11.8 Å². The number of nitrogens with zero attached hydrogens (tertiary/aromatic N) is 2. The molecule has 0 aromatic carbocycles. The molecule has 0 aliphatic heterocycles. The molecule has 6 nitrogen and oxygen atoms in total. The predicted octanol–water partition coefficient (Wildman–Crippen LogP) is 1.12. The number of hydrogen-bond acceptors (Lipinski definition) is 4. The summed E-state index contributed by atoms with van der Waals surface area (Å²) < 4.78 is 0. The summed E-state index contributed by atoms with van der Waals surface area (Å²) >= 11 is 0. The average molecular weight is 298 g/mol. The SMILES string of the molecule is O=C(N/N=C1\CC2CC=CC12)C(=O)N/N=C1\CC2CC=CC12. The lowest BCUT2D eigenvalue weighted by Gasteiger charge is -2.32. The number of hydrazone groups is 2. The van der Waals surface area contributed by atoms with Gasteiger partial charge in [0.2, 0.25) is 0 Å². The van der Waals surface area contributed by atoms with Gasteiger partial charge in [-0.2, -0.15) is 10.2 Å². The van der Waals surface area contributed by atoms with E-state index in [-0.39, 0.29) is 0 Å².